The summed E-state index contributed by atoms with van der Waals surface area (Å²) in [4.78, 5) is 0. The third kappa shape index (κ3) is 2.90. The molecule has 4 heteroatoms. The summed E-state index contributed by atoms with van der Waals surface area (Å²) >= 11 is 3.42. The van der Waals surface area contributed by atoms with Crippen LogP contribution < -0.4 is 10.5 Å². The summed E-state index contributed by atoms with van der Waals surface area (Å²) in [5.41, 5.74) is 7.65. The van der Waals surface area contributed by atoms with Crippen LogP contribution in [-0.2, 0) is 13.2 Å². The quantitative estimate of drug-likeness (QED) is 0.940. The van der Waals surface area contributed by atoms with Crippen LogP contribution in [0.4, 0.5) is 0 Å². The summed E-state index contributed by atoms with van der Waals surface area (Å²) in [6.07, 6.45) is 1.63. The molecule has 0 aliphatic carbocycles. The molecule has 0 bridgehead atoms. The predicted octanol–water partition coefficient (Wildman–Crippen LogP) is 3.39. The molecule has 1 heterocycles. The summed E-state index contributed by atoms with van der Waals surface area (Å²) in [6.45, 7) is 2.88. The summed E-state index contributed by atoms with van der Waals surface area (Å²) in [5.74, 6) is 1.65. The van der Waals surface area contributed by atoms with Gasteiger partial charge in [-0.2, -0.15) is 0 Å². The van der Waals surface area contributed by atoms with Gasteiger partial charge >= 0.3 is 0 Å². The predicted molar refractivity (Wildman–Crippen MR) is 69.8 cm³/mol. The standard InChI is InChI=1S/C13H14BrNO2/c1-9-6-11(14)2-3-12(9)17-8-10-4-5-16-13(10)7-15/h2-6H,7-8,15H2,1H3. The molecule has 17 heavy (non-hydrogen) atoms. The molecule has 2 aromatic rings. The number of furan rings is 1. The van der Waals surface area contributed by atoms with Gasteiger partial charge in [0.05, 0.1) is 12.8 Å². The first kappa shape index (κ1) is 12.2. The van der Waals surface area contributed by atoms with Crippen LogP contribution in [0.1, 0.15) is 16.9 Å². The Morgan fingerprint density at radius 1 is 1.35 bits per heavy atom. The van der Waals surface area contributed by atoms with E-state index in [2.05, 4.69) is 15.9 Å². The lowest BCUT2D eigenvalue weighted by atomic mass is 10.2. The van der Waals surface area contributed by atoms with Crippen LogP contribution in [0.15, 0.2) is 39.4 Å². The van der Waals surface area contributed by atoms with Gasteiger partial charge in [0.25, 0.3) is 0 Å². The number of hydrogen-bond donors (Lipinski definition) is 1. The van der Waals surface area contributed by atoms with E-state index in [9.17, 15) is 0 Å². The van der Waals surface area contributed by atoms with Crippen molar-refractivity contribution in [3.63, 3.8) is 0 Å². The number of nitrogens with two attached hydrogens (primary N) is 1. The lowest BCUT2D eigenvalue weighted by Gasteiger charge is -2.09. The molecule has 1 aromatic carbocycles. The fourth-order valence-electron chi connectivity index (χ4n) is 1.61. The zero-order valence-corrected chi connectivity index (χ0v) is 11.2. The van der Waals surface area contributed by atoms with Crippen molar-refractivity contribution in [3.8, 4) is 5.75 Å². The van der Waals surface area contributed by atoms with Gasteiger partial charge in [0.2, 0.25) is 0 Å². The monoisotopic (exact) mass is 295 g/mol. The van der Waals surface area contributed by atoms with Crippen LogP contribution in [0.3, 0.4) is 0 Å². The fourth-order valence-corrected chi connectivity index (χ4v) is 2.08. The first-order valence-corrected chi connectivity index (χ1v) is 6.14. The van der Waals surface area contributed by atoms with Crippen LogP contribution in [0.5, 0.6) is 5.75 Å². The van der Waals surface area contributed by atoms with Gasteiger partial charge in [0.15, 0.2) is 0 Å². The fraction of sp³-hybridized carbons (Fsp3) is 0.231. The Kier molecular flexibility index (Phi) is 3.86. The Balaban J connectivity index is 2.07. The maximum absolute atomic E-state index is 5.74. The third-order valence-electron chi connectivity index (χ3n) is 2.54. The first-order chi connectivity index (χ1) is 8.20. The number of hydrogen-bond acceptors (Lipinski definition) is 3. The molecule has 2 N–H and O–H groups in total. The van der Waals surface area contributed by atoms with Crippen molar-refractivity contribution in [3.05, 3.63) is 51.9 Å². The Labute approximate surface area is 109 Å². The minimum Gasteiger partial charge on any atom is -0.489 e. The van der Waals surface area contributed by atoms with E-state index in [1.54, 1.807) is 6.26 Å². The molecule has 1 aromatic heterocycles. The van der Waals surface area contributed by atoms with E-state index in [1.807, 2.05) is 31.2 Å². The maximum atomic E-state index is 5.74. The molecule has 0 aliphatic rings. The van der Waals surface area contributed by atoms with E-state index in [4.69, 9.17) is 14.9 Å². The highest BCUT2D eigenvalue weighted by Crippen LogP contribution is 2.23. The van der Waals surface area contributed by atoms with Crippen molar-refractivity contribution >= 4 is 15.9 Å². The molecule has 0 saturated heterocycles. The largest absolute Gasteiger partial charge is 0.489 e. The zero-order chi connectivity index (χ0) is 12.3. The van der Waals surface area contributed by atoms with E-state index in [0.717, 1.165) is 27.1 Å². The van der Waals surface area contributed by atoms with Crippen molar-refractivity contribution in [2.45, 2.75) is 20.1 Å². The van der Waals surface area contributed by atoms with Gasteiger partial charge in [-0.05, 0) is 36.8 Å². The molecule has 0 atom stereocenters. The van der Waals surface area contributed by atoms with E-state index in [0.29, 0.717) is 13.2 Å². The molecule has 0 saturated carbocycles. The second kappa shape index (κ2) is 5.38. The van der Waals surface area contributed by atoms with Crippen LogP contribution >= 0.6 is 15.9 Å². The number of benzene rings is 1. The van der Waals surface area contributed by atoms with Crippen molar-refractivity contribution in [1.29, 1.82) is 0 Å². The number of rotatable bonds is 4. The highest BCUT2D eigenvalue weighted by Gasteiger charge is 2.06. The van der Waals surface area contributed by atoms with Gasteiger partial charge in [0, 0.05) is 10.0 Å². The highest BCUT2D eigenvalue weighted by molar-refractivity contribution is 9.10. The normalized spacial score (nSPS) is 10.5. The van der Waals surface area contributed by atoms with E-state index in [1.165, 1.54) is 0 Å². The Morgan fingerprint density at radius 2 is 2.18 bits per heavy atom. The molecule has 2 rings (SSSR count). The Bertz CT molecular complexity index is 508. The smallest absolute Gasteiger partial charge is 0.123 e. The SMILES string of the molecule is Cc1cc(Br)ccc1OCc1ccoc1CN. The molecule has 90 valence electrons. The summed E-state index contributed by atoms with van der Waals surface area (Å²) in [5, 5.41) is 0. The van der Waals surface area contributed by atoms with E-state index < -0.39 is 0 Å². The van der Waals surface area contributed by atoms with Gasteiger partial charge in [-0.3, -0.25) is 0 Å². The second-order valence-electron chi connectivity index (χ2n) is 3.77. The summed E-state index contributed by atoms with van der Waals surface area (Å²) < 4.78 is 12.0. The molecular weight excluding hydrogens is 282 g/mol. The second-order valence-corrected chi connectivity index (χ2v) is 4.69. The number of halogens is 1. The molecule has 3 nitrogen and oxygen atoms in total. The molecule has 0 fully saturated rings. The minimum atomic E-state index is 0.394. The van der Waals surface area contributed by atoms with Crippen molar-refractivity contribution in [2.24, 2.45) is 5.73 Å². The van der Waals surface area contributed by atoms with Gasteiger partial charge in [0.1, 0.15) is 18.1 Å². The van der Waals surface area contributed by atoms with Gasteiger partial charge < -0.3 is 14.9 Å². The lowest BCUT2D eigenvalue weighted by molar-refractivity contribution is 0.300. The van der Waals surface area contributed by atoms with Crippen LogP contribution in [-0.4, -0.2) is 0 Å². The molecule has 0 unspecified atom stereocenters. The molecule has 0 amide bonds. The third-order valence-corrected chi connectivity index (χ3v) is 3.04. The van der Waals surface area contributed by atoms with Crippen LogP contribution in [0.2, 0.25) is 0 Å². The highest BCUT2D eigenvalue weighted by atomic mass is 79.9. The number of aryl methyl sites for hydroxylation is 1. The topological polar surface area (TPSA) is 48.4 Å². The number of ether oxygens (including phenoxy) is 1. The molecule has 0 aliphatic heterocycles. The van der Waals surface area contributed by atoms with Crippen molar-refractivity contribution in [1.82, 2.24) is 0 Å². The van der Waals surface area contributed by atoms with Crippen LogP contribution in [0, 0.1) is 6.92 Å². The molecular formula is C13H14BrNO2. The van der Waals surface area contributed by atoms with Crippen molar-refractivity contribution < 1.29 is 9.15 Å². The van der Waals surface area contributed by atoms with Gasteiger partial charge in [-0.25, -0.2) is 0 Å². The van der Waals surface area contributed by atoms with Gasteiger partial charge in [-0.1, -0.05) is 15.9 Å². The lowest BCUT2D eigenvalue weighted by Crippen LogP contribution is -2.02. The molecule has 0 spiro atoms. The Hall–Kier alpha value is -1.26. The van der Waals surface area contributed by atoms with Crippen molar-refractivity contribution in [2.75, 3.05) is 0 Å². The minimum absolute atomic E-state index is 0.394. The average molecular weight is 296 g/mol. The van der Waals surface area contributed by atoms with E-state index in [-0.39, 0.29) is 0 Å². The van der Waals surface area contributed by atoms with E-state index >= 15 is 0 Å². The van der Waals surface area contributed by atoms with Crippen LogP contribution in [0.25, 0.3) is 0 Å². The van der Waals surface area contributed by atoms with Gasteiger partial charge in [-0.15, -0.1) is 0 Å². The first-order valence-electron chi connectivity index (χ1n) is 5.35. The Morgan fingerprint density at radius 3 is 2.88 bits per heavy atom. The average Bonchev–Trinajstić information content (AvgIpc) is 2.75. The maximum Gasteiger partial charge on any atom is 0.123 e. The molecule has 0 radical (unpaired) electrons. The summed E-state index contributed by atoms with van der Waals surface area (Å²) in [6, 6.07) is 7.81. The summed E-state index contributed by atoms with van der Waals surface area (Å²) in [7, 11) is 0. The zero-order valence-electron chi connectivity index (χ0n) is 9.57.